The van der Waals surface area contributed by atoms with E-state index in [9.17, 15) is 4.79 Å². The maximum absolute atomic E-state index is 11.6. The van der Waals surface area contributed by atoms with Gasteiger partial charge >= 0.3 is 0 Å². The Morgan fingerprint density at radius 2 is 2.05 bits per heavy atom. The second kappa shape index (κ2) is 3.93. The number of benzene rings is 1. The van der Waals surface area contributed by atoms with Crippen molar-refractivity contribution in [1.29, 1.82) is 0 Å². The number of hydrogen-bond acceptors (Lipinski definition) is 3. The summed E-state index contributed by atoms with van der Waals surface area (Å²) in [5.41, 5.74) is 2.42. The first-order valence-electron chi connectivity index (χ1n) is 6.09. The molecule has 1 aromatic carbocycles. The molecule has 0 saturated heterocycles. The predicted octanol–water partition coefficient (Wildman–Crippen LogP) is 3.50. The van der Waals surface area contributed by atoms with E-state index in [4.69, 9.17) is 0 Å². The molecule has 5 heteroatoms. The molecule has 1 aliphatic rings. The number of rotatable bonds is 1. The molecule has 98 valence electrons. The average Bonchev–Trinajstić information content (AvgIpc) is 2.67. The standard InChI is InChI=1S/C14H14BrN3O/c1-8(19)12-11(15)13-16-14(2,3)9-6-4-5-7-10(9)18(13)17-12/h4-7,16H,1-3H3. The largest absolute Gasteiger partial charge is 0.360 e. The fourth-order valence-electron chi connectivity index (χ4n) is 2.46. The first kappa shape index (κ1) is 12.4. The lowest BCUT2D eigenvalue weighted by molar-refractivity contribution is 0.101. The van der Waals surface area contributed by atoms with Crippen molar-refractivity contribution in [3.63, 3.8) is 0 Å². The lowest BCUT2D eigenvalue weighted by atomic mass is 9.91. The van der Waals surface area contributed by atoms with Gasteiger partial charge in [-0.15, -0.1) is 0 Å². The SMILES string of the molecule is CC(=O)c1nn2c(c1Br)NC(C)(C)c1ccccc1-2. The van der Waals surface area contributed by atoms with Gasteiger partial charge in [0, 0.05) is 12.5 Å². The number of aromatic nitrogens is 2. The molecule has 0 bridgehead atoms. The van der Waals surface area contributed by atoms with Crippen LogP contribution in [0.4, 0.5) is 5.82 Å². The van der Waals surface area contributed by atoms with Gasteiger partial charge in [0.1, 0.15) is 11.5 Å². The van der Waals surface area contributed by atoms with Gasteiger partial charge in [0.15, 0.2) is 5.78 Å². The highest BCUT2D eigenvalue weighted by atomic mass is 79.9. The van der Waals surface area contributed by atoms with Crippen molar-refractivity contribution < 1.29 is 4.79 Å². The third-order valence-corrected chi connectivity index (χ3v) is 4.15. The summed E-state index contributed by atoms with van der Waals surface area (Å²) in [5, 5.41) is 7.85. The third-order valence-electron chi connectivity index (χ3n) is 3.40. The van der Waals surface area contributed by atoms with Crippen LogP contribution in [0, 0.1) is 0 Å². The summed E-state index contributed by atoms with van der Waals surface area (Å²) in [6, 6.07) is 8.09. The lowest BCUT2D eigenvalue weighted by Crippen LogP contribution is -2.34. The van der Waals surface area contributed by atoms with Crippen LogP contribution in [0.25, 0.3) is 5.69 Å². The minimum atomic E-state index is -0.205. The maximum atomic E-state index is 11.6. The predicted molar refractivity (Wildman–Crippen MR) is 77.9 cm³/mol. The van der Waals surface area contributed by atoms with Crippen LogP contribution in [0.15, 0.2) is 28.7 Å². The van der Waals surface area contributed by atoms with Crippen LogP contribution < -0.4 is 5.32 Å². The molecule has 1 N–H and O–H groups in total. The van der Waals surface area contributed by atoms with E-state index < -0.39 is 0 Å². The molecular formula is C14H14BrN3O. The number of hydrogen-bond donors (Lipinski definition) is 1. The first-order valence-corrected chi connectivity index (χ1v) is 6.88. The van der Waals surface area contributed by atoms with Gasteiger partial charge in [0.2, 0.25) is 0 Å². The van der Waals surface area contributed by atoms with Gasteiger partial charge in [-0.1, -0.05) is 18.2 Å². The summed E-state index contributed by atoms with van der Waals surface area (Å²) in [6.45, 7) is 5.75. The summed E-state index contributed by atoms with van der Waals surface area (Å²) in [6.07, 6.45) is 0. The molecule has 2 aromatic rings. The molecular weight excluding hydrogens is 306 g/mol. The lowest BCUT2D eigenvalue weighted by Gasteiger charge is -2.34. The van der Waals surface area contributed by atoms with Crippen LogP contribution in [-0.2, 0) is 5.54 Å². The van der Waals surface area contributed by atoms with Crippen molar-refractivity contribution >= 4 is 27.5 Å². The van der Waals surface area contributed by atoms with Crippen molar-refractivity contribution in [2.75, 3.05) is 5.32 Å². The topological polar surface area (TPSA) is 46.9 Å². The van der Waals surface area contributed by atoms with Crippen molar-refractivity contribution in [1.82, 2.24) is 9.78 Å². The van der Waals surface area contributed by atoms with Gasteiger partial charge < -0.3 is 5.32 Å². The number of fused-ring (bicyclic) bond motifs is 3. The number of ketones is 1. The van der Waals surface area contributed by atoms with Crippen molar-refractivity contribution in [3.8, 4) is 5.69 Å². The molecule has 0 fully saturated rings. The van der Waals surface area contributed by atoms with Gasteiger partial charge in [0.05, 0.1) is 15.7 Å². The van der Waals surface area contributed by atoms with E-state index in [0.29, 0.717) is 5.69 Å². The highest BCUT2D eigenvalue weighted by Gasteiger charge is 2.33. The molecule has 0 amide bonds. The Kier molecular flexibility index (Phi) is 2.57. The van der Waals surface area contributed by atoms with E-state index >= 15 is 0 Å². The third kappa shape index (κ3) is 1.72. The molecule has 1 aliphatic heterocycles. The fraction of sp³-hybridized carbons (Fsp3) is 0.286. The minimum Gasteiger partial charge on any atom is -0.360 e. The molecule has 1 aromatic heterocycles. The van der Waals surface area contributed by atoms with Crippen LogP contribution in [0.5, 0.6) is 0 Å². The summed E-state index contributed by atoms with van der Waals surface area (Å²) < 4.78 is 2.52. The zero-order chi connectivity index (χ0) is 13.8. The molecule has 3 rings (SSSR count). The van der Waals surface area contributed by atoms with Gasteiger partial charge in [-0.25, -0.2) is 4.68 Å². The smallest absolute Gasteiger partial charge is 0.181 e. The molecule has 0 atom stereocenters. The Hall–Kier alpha value is -1.62. The van der Waals surface area contributed by atoms with Crippen molar-refractivity contribution in [2.45, 2.75) is 26.3 Å². The molecule has 0 unspecified atom stereocenters. The van der Waals surface area contributed by atoms with Crippen LogP contribution in [0.3, 0.4) is 0 Å². The number of nitrogens with zero attached hydrogens (tertiary/aromatic N) is 2. The molecule has 19 heavy (non-hydrogen) atoms. The van der Waals surface area contributed by atoms with Crippen LogP contribution in [-0.4, -0.2) is 15.6 Å². The number of nitrogens with one attached hydrogen (secondary N) is 1. The zero-order valence-corrected chi connectivity index (χ0v) is 12.6. The van der Waals surface area contributed by atoms with Gasteiger partial charge in [0.25, 0.3) is 0 Å². The summed E-state index contributed by atoms with van der Waals surface area (Å²) in [5.74, 6) is 0.778. The molecule has 2 heterocycles. The van der Waals surface area contributed by atoms with Crippen molar-refractivity contribution in [3.05, 3.63) is 40.0 Å². The molecule has 0 aliphatic carbocycles. The normalized spacial score (nSPS) is 15.4. The van der Waals surface area contributed by atoms with Gasteiger partial charge in [-0.2, -0.15) is 5.10 Å². The Labute approximate surface area is 119 Å². The number of carbonyl (C=O) groups is 1. The van der Waals surface area contributed by atoms with E-state index in [-0.39, 0.29) is 11.3 Å². The second-order valence-corrected chi connectivity index (χ2v) is 6.04. The average molecular weight is 320 g/mol. The number of carbonyl (C=O) groups excluding carboxylic acids is 1. The maximum Gasteiger partial charge on any atom is 0.181 e. The Balaban J connectivity index is 2.33. The summed E-state index contributed by atoms with van der Waals surface area (Å²) >= 11 is 3.47. The molecule has 0 radical (unpaired) electrons. The number of halogens is 1. The number of para-hydroxylation sites is 1. The number of anilines is 1. The van der Waals surface area contributed by atoms with E-state index in [2.05, 4.69) is 46.3 Å². The quantitative estimate of drug-likeness (QED) is 0.818. The minimum absolute atomic E-state index is 0.0501. The highest BCUT2D eigenvalue weighted by Crippen LogP contribution is 2.40. The first-order chi connectivity index (χ1) is 8.92. The van der Waals surface area contributed by atoms with Crippen molar-refractivity contribution in [2.24, 2.45) is 0 Å². The van der Waals surface area contributed by atoms with E-state index in [1.807, 2.05) is 18.2 Å². The monoisotopic (exact) mass is 319 g/mol. The molecule has 0 spiro atoms. The Bertz CT molecular complexity index is 688. The number of Topliss-reactive ketones (excluding diaryl/α,β-unsaturated/α-hetero) is 1. The van der Waals surface area contributed by atoms with Crippen LogP contribution in [0.2, 0.25) is 0 Å². The molecule has 0 saturated carbocycles. The Morgan fingerprint density at radius 1 is 1.37 bits per heavy atom. The van der Waals surface area contributed by atoms with E-state index in [1.54, 1.807) is 4.68 Å². The zero-order valence-electron chi connectivity index (χ0n) is 11.0. The van der Waals surface area contributed by atoms with Gasteiger partial charge in [-0.05, 0) is 35.8 Å². The van der Waals surface area contributed by atoms with Gasteiger partial charge in [-0.3, -0.25) is 4.79 Å². The fourth-order valence-corrected chi connectivity index (χ4v) is 3.08. The van der Waals surface area contributed by atoms with E-state index in [1.165, 1.54) is 6.92 Å². The highest BCUT2D eigenvalue weighted by molar-refractivity contribution is 9.10. The summed E-state index contributed by atoms with van der Waals surface area (Å²) in [7, 11) is 0. The van der Waals surface area contributed by atoms with Crippen LogP contribution >= 0.6 is 15.9 Å². The molecule has 4 nitrogen and oxygen atoms in total. The second-order valence-electron chi connectivity index (χ2n) is 5.25. The Morgan fingerprint density at radius 3 is 2.74 bits per heavy atom. The van der Waals surface area contributed by atoms with E-state index in [0.717, 1.165) is 21.5 Å². The van der Waals surface area contributed by atoms with Crippen LogP contribution in [0.1, 0.15) is 36.8 Å². The summed E-state index contributed by atoms with van der Waals surface area (Å²) in [4.78, 5) is 11.6.